The molecule has 0 amide bonds. The minimum absolute atomic E-state index is 0.558. The standard InChI is InChI=1S/C59H34N4O2/c1-3-16-35(17-4-1)55-44-33-43-38-20-7-9-23-45(38)59(46-24-10-13-27-51(46)65-52-28-14-11-25-47(52)59)48(43)34-42(44)39-31-30-37(32-49(39)60-55)57-61-56(36-18-5-2-6-19-36)62-58(63-57)41-22-15-29-53-54(41)40-21-8-12-26-50(40)64-53/h1-34H. The summed E-state index contributed by atoms with van der Waals surface area (Å²) in [5.41, 5.74) is 13.6. The number of hydrogen-bond acceptors (Lipinski definition) is 6. The van der Waals surface area contributed by atoms with Gasteiger partial charge in [-0.1, -0.05) is 164 Å². The van der Waals surface area contributed by atoms with Crippen molar-refractivity contribution in [3.8, 4) is 68.0 Å². The van der Waals surface area contributed by atoms with Crippen molar-refractivity contribution < 1.29 is 9.15 Å². The van der Waals surface area contributed by atoms with Crippen molar-refractivity contribution in [1.29, 1.82) is 0 Å². The third-order valence-electron chi connectivity index (χ3n) is 13.4. The Morgan fingerprint density at radius 1 is 0.338 bits per heavy atom. The van der Waals surface area contributed by atoms with Crippen LogP contribution < -0.4 is 4.74 Å². The van der Waals surface area contributed by atoms with Crippen LogP contribution in [0.2, 0.25) is 0 Å². The largest absolute Gasteiger partial charge is 0.457 e. The molecule has 1 aliphatic heterocycles. The van der Waals surface area contributed by atoms with E-state index in [0.29, 0.717) is 17.5 Å². The molecule has 0 saturated carbocycles. The molecule has 302 valence electrons. The van der Waals surface area contributed by atoms with Crippen LogP contribution in [0.25, 0.3) is 100 Å². The van der Waals surface area contributed by atoms with E-state index in [1.807, 2.05) is 60.7 Å². The van der Waals surface area contributed by atoms with Crippen LogP contribution in [-0.2, 0) is 5.41 Å². The van der Waals surface area contributed by atoms with Gasteiger partial charge >= 0.3 is 0 Å². The second kappa shape index (κ2) is 13.6. The highest BCUT2D eigenvalue weighted by molar-refractivity contribution is 6.15. The van der Waals surface area contributed by atoms with Gasteiger partial charge in [0.25, 0.3) is 0 Å². The van der Waals surface area contributed by atoms with E-state index in [9.17, 15) is 0 Å². The fourth-order valence-corrected chi connectivity index (χ4v) is 10.6. The summed E-state index contributed by atoms with van der Waals surface area (Å²) in [6, 6.07) is 72.0. The summed E-state index contributed by atoms with van der Waals surface area (Å²) in [6.07, 6.45) is 0. The molecule has 2 aliphatic rings. The number of fused-ring (bicyclic) bond motifs is 15. The van der Waals surface area contributed by atoms with Crippen LogP contribution in [0.1, 0.15) is 22.3 Å². The summed E-state index contributed by atoms with van der Waals surface area (Å²) in [5, 5.41) is 5.23. The average molecular weight is 831 g/mol. The average Bonchev–Trinajstić information content (AvgIpc) is 3.89. The molecule has 6 nitrogen and oxygen atoms in total. The molecule has 4 heterocycles. The van der Waals surface area contributed by atoms with Crippen molar-refractivity contribution in [2.45, 2.75) is 5.41 Å². The number of benzene rings is 9. The number of para-hydroxylation sites is 3. The molecule has 1 spiro atoms. The van der Waals surface area contributed by atoms with Crippen LogP contribution >= 0.6 is 0 Å². The maximum atomic E-state index is 6.66. The van der Waals surface area contributed by atoms with Crippen molar-refractivity contribution in [1.82, 2.24) is 19.9 Å². The second-order valence-electron chi connectivity index (χ2n) is 16.8. The zero-order chi connectivity index (χ0) is 42.6. The van der Waals surface area contributed by atoms with E-state index >= 15 is 0 Å². The molecule has 0 unspecified atom stereocenters. The predicted octanol–water partition coefficient (Wildman–Crippen LogP) is 14.6. The first-order valence-electron chi connectivity index (χ1n) is 21.9. The van der Waals surface area contributed by atoms with Crippen molar-refractivity contribution >= 4 is 43.6 Å². The van der Waals surface area contributed by atoms with Gasteiger partial charge in [0.2, 0.25) is 0 Å². The molecule has 3 aromatic heterocycles. The number of furan rings is 1. The number of aromatic nitrogens is 4. The quantitative estimate of drug-likeness (QED) is 0.165. The van der Waals surface area contributed by atoms with Crippen molar-refractivity contribution in [2.24, 2.45) is 0 Å². The van der Waals surface area contributed by atoms with E-state index in [2.05, 4.69) is 146 Å². The monoisotopic (exact) mass is 830 g/mol. The fourth-order valence-electron chi connectivity index (χ4n) is 10.6. The number of rotatable bonds is 4. The van der Waals surface area contributed by atoms with E-state index in [0.717, 1.165) is 94.2 Å². The Labute approximate surface area is 373 Å². The highest BCUT2D eigenvalue weighted by atomic mass is 16.5. The Bertz CT molecular complexity index is 3890. The van der Waals surface area contributed by atoms with Gasteiger partial charge in [-0.25, -0.2) is 19.9 Å². The van der Waals surface area contributed by atoms with Crippen molar-refractivity contribution in [3.05, 3.63) is 229 Å². The van der Waals surface area contributed by atoms with Gasteiger partial charge in [0.15, 0.2) is 17.5 Å². The summed E-state index contributed by atoms with van der Waals surface area (Å²) in [6.45, 7) is 0. The van der Waals surface area contributed by atoms with Gasteiger partial charge in [0.05, 0.1) is 16.6 Å². The van der Waals surface area contributed by atoms with Gasteiger partial charge in [-0.15, -0.1) is 0 Å². The molecule has 9 aromatic carbocycles. The molecule has 0 radical (unpaired) electrons. The maximum absolute atomic E-state index is 6.66. The minimum Gasteiger partial charge on any atom is -0.457 e. The highest BCUT2D eigenvalue weighted by Crippen LogP contribution is 2.62. The van der Waals surface area contributed by atoms with E-state index in [4.69, 9.17) is 29.1 Å². The van der Waals surface area contributed by atoms with Crippen LogP contribution in [0, 0.1) is 0 Å². The van der Waals surface area contributed by atoms with Crippen molar-refractivity contribution in [2.75, 3.05) is 0 Å². The first-order chi connectivity index (χ1) is 32.2. The summed E-state index contributed by atoms with van der Waals surface area (Å²) >= 11 is 0. The number of ether oxygens (including phenoxy) is 1. The van der Waals surface area contributed by atoms with Crippen LogP contribution in [0.3, 0.4) is 0 Å². The lowest BCUT2D eigenvalue weighted by Crippen LogP contribution is -2.32. The van der Waals surface area contributed by atoms with Crippen LogP contribution in [0.15, 0.2) is 211 Å². The minimum atomic E-state index is -0.605. The third-order valence-corrected chi connectivity index (χ3v) is 13.4. The topological polar surface area (TPSA) is 73.9 Å². The summed E-state index contributed by atoms with van der Waals surface area (Å²) < 4.78 is 13.0. The van der Waals surface area contributed by atoms with E-state index in [1.54, 1.807) is 0 Å². The van der Waals surface area contributed by atoms with E-state index < -0.39 is 5.41 Å². The smallest absolute Gasteiger partial charge is 0.164 e. The molecule has 12 aromatic rings. The number of hydrogen-bond donors (Lipinski definition) is 0. The lowest BCUT2D eigenvalue weighted by Gasteiger charge is -2.39. The zero-order valence-electron chi connectivity index (χ0n) is 34.7. The molecule has 0 atom stereocenters. The number of nitrogens with zero attached hydrogens (tertiary/aromatic N) is 4. The second-order valence-corrected chi connectivity index (χ2v) is 16.8. The Kier molecular flexibility index (Phi) is 7.51. The third kappa shape index (κ3) is 5.16. The lowest BCUT2D eigenvalue weighted by atomic mass is 9.66. The summed E-state index contributed by atoms with van der Waals surface area (Å²) in [5.74, 6) is 3.45. The van der Waals surface area contributed by atoms with Gasteiger partial charge in [-0.05, 0) is 70.1 Å². The molecule has 0 fully saturated rings. The molecule has 6 heteroatoms. The summed E-state index contributed by atoms with van der Waals surface area (Å²) in [4.78, 5) is 21.1. The molecular weight excluding hydrogens is 797 g/mol. The lowest BCUT2D eigenvalue weighted by molar-refractivity contribution is 0.436. The predicted molar refractivity (Wildman–Crippen MR) is 259 cm³/mol. The summed E-state index contributed by atoms with van der Waals surface area (Å²) in [7, 11) is 0. The van der Waals surface area contributed by atoms with Crippen molar-refractivity contribution in [3.63, 3.8) is 0 Å². The normalized spacial score (nSPS) is 13.2. The molecule has 1 aliphatic carbocycles. The van der Waals surface area contributed by atoms with Gasteiger partial charge in [0.1, 0.15) is 22.7 Å². The van der Waals surface area contributed by atoms with Gasteiger partial charge < -0.3 is 9.15 Å². The maximum Gasteiger partial charge on any atom is 0.164 e. The van der Waals surface area contributed by atoms with Crippen LogP contribution in [0.4, 0.5) is 0 Å². The van der Waals surface area contributed by atoms with Crippen LogP contribution in [0.5, 0.6) is 11.5 Å². The molecule has 0 saturated heterocycles. The molecule has 14 rings (SSSR count). The fraction of sp³-hybridized carbons (Fsp3) is 0.0169. The molecular formula is C59H34N4O2. The molecule has 0 bridgehead atoms. The Morgan fingerprint density at radius 3 is 1.74 bits per heavy atom. The SMILES string of the molecule is c1ccc(-c2nc(-c3ccc4c(c3)nc(-c3ccccc3)c3cc5c(cc34)C3(c4ccccc4Oc4ccccc43)c3ccccc3-5)nc(-c3cccc4oc5ccccc5c34)n2)cc1. The molecule has 65 heavy (non-hydrogen) atoms. The highest BCUT2D eigenvalue weighted by Gasteiger charge is 2.51. The van der Waals surface area contributed by atoms with Gasteiger partial charge in [0, 0.05) is 54.9 Å². The Hall–Kier alpha value is -8.74. The van der Waals surface area contributed by atoms with E-state index in [1.165, 1.54) is 22.3 Å². The van der Waals surface area contributed by atoms with Gasteiger partial charge in [-0.3, -0.25) is 0 Å². The Balaban J connectivity index is 1.04. The van der Waals surface area contributed by atoms with Crippen LogP contribution in [-0.4, -0.2) is 19.9 Å². The first-order valence-corrected chi connectivity index (χ1v) is 21.9. The number of pyridine rings is 1. The van der Waals surface area contributed by atoms with Gasteiger partial charge in [-0.2, -0.15) is 0 Å². The zero-order valence-corrected chi connectivity index (χ0v) is 34.7. The first kappa shape index (κ1) is 35.8. The Morgan fingerprint density at radius 2 is 0.954 bits per heavy atom. The molecule has 0 N–H and O–H groups in total. The van der Waals surface area contributed by atoms with E-state index in [-0.39, 0.29) is 0 Å².